The summed E-state index contributed by atoms with van der Waals surface area (Å²) in [7, 11) is 0. The number of hydrogen-bond acceptors (Lipinski definition) is 2. The van der Waals surface area contributed by atoms with Crippen LogP contribution in [0.3, 0.4) is 0 Å². The molecule has 1 heterocycles. The Bertz CT molecular complexity index is 189. The van der Waals surface area contributed by atoms with Crippen LogP contribution in [0.25, 0.3) is 0 Å². The third-order valence-electron chi connectivity index (χ3n) is 4.04. The topological polar surface area (TPSA) is 29.3 Å². The number of rotatable bonds is 4. The first kappa shape index (κ1) is 13.0. The van der Waals surface area contributed by atoms with Gasteiger partial charge >= 0.3 is 0 Å². The van der Waals surface area contributed by atoms with Crippen molar-refractivity contribution >= 4 is 0 Å². The number of likely N-dealkylation sites (tertiary alicyclic amines) is 1. The van der Waals surface area contributed by atoms with Crippen molar-refractivity contribution < 1.29 is 0 Å². The Morgan fingerprint density at radius 1 is 1.47 bits per heavy atom. The van der Waals surface area contributed by atoms with Gasteiger partial charge in [0.05, 0.1) is 0 Å². The van der Waals surface area contributed by atoms with Gasteiger partial charge in [0, 0.05) is 11.6 Å². The van der Waals surface area contributed by atoms with Crippen molar-refractivity contribution in [1.29, 1.82) is 0 Å². The van der Waals surface area contributed by atoms with Crippen LogP contribution in [0.2, 0.25) is 0 Å². The standard InChI is InChI=1S/C13H28N2/c1-5-11(2)15-9-7-12(6-8-14)10-13(15,3)4/h11-12H,5-10,14H2,1-4H3. The highest BCUT2D eigenvalue weighted by Gasteiger charge is 2.36. The van der Waals surface area contributed by atoms with Crippen molar-refractivity contribution in [2.75, 3.05) is 13.1 Å². The summed E-state index contributed by atoms with van der Waals surface area (Å²) in [5, 5.41) is 0. The minimum Gasteiger partial charge on any atom is -0.330 e. The van der Waals surface area contributed by atoms with Gasteiger partial charge < -0.3 is 5.73 Å². The van der Waals surface area contributed by atoms with E-state index in [0.717, 1.165) is 18.5 Å². The Morgan fingerprint density at radius 3 is 2.60 bits per heavy atom. The van der Waals surface area contributed by atoms with Gasteiger partial charge in [-0.05, 0) is 65.5 Å². The van der Waals surface area contributed by atoms with E-state index in [1.165, 1.54) is 32.2 Å². The molecule has 0 aliphatic carbocycles. The lowest BCUT2D eigenvalue weighted by atomic mass is 9.80. The number of nitrogens with two attached hydrogens (primary N) is 1. The van der Waals surface area contributed by atoms with Crippen LogP contribution < -0.4 is 5.73 Å². The maximum Gasteiger partial charge on any atom is 0.0158 e. The summed E-state index contributed by atoms with van der Waals surface area (Å²) in [4.78, 5) is 2.68. The molecule has 0 aromatic rings. The summed E-state index contributed by atoms with van der Waals surface area (Å²) in [6, 6.07) is 0.721. The lowest BCUT2D eigenvalue weighted by Gasteiger charge is -2.48. The summed E-state index contributed by atoms with van der Waals surface area (Å²) in [5.41, 5.74) is 6.02. The molecule has 2 atom stereocenters. The zero-order chi connectivity index (χ0) is 11.5. The average Bonchev–Trinajstić information content (AvgIpc) is 2.16. The van der Waals surface area contributed by atoms with Crippen LogP contribution in [-0.2, 0) is 0 Å². The van der Waals surface area contributed by atoms with Gasteiger partial charge in [0.1, 0.15) is 0 Å². The molecule has 2 heteroatoms. The normalized spacial score (nSPS) is 29.0. The quantitative estimate of drug-likeness (QED) is 0.776. The van der Waals surface area contributed by atoms with Crippen LogP contribution in [0.15, 0.2) is 0 Å². The third kappa shape index (κ3) is 3.18. The third-order valence-corrected chi connectivity index (χ3v) is 4.04. The first-order valence-corrected chi connectivity index (χ1v) is 6.48. The second-order valence-corrected chi connectivity index (χ2v) is 5.70. The first-order chi connectivity index (χ1) is 7.01. The van der Waals surface area contributed by atoms with E-state index in [1.807, 2.05) is 0 Å². The van der Waals surface area contributed by atoms with Crippen molar-refractivity contribution in [1.82, 2.24) is 4.90 Å². The lowest BCUT2D eigenvalue weighted by molar-refractivity contribution is 0.0123. The Hall–Kier alpha value is -0.0800. The molecule has 90 valence electrons. The van der Waals surface area contributed by atoms with E-state index in [1.54, 1.807) is 0 Å². The van der Waals surface area contributed by atoms with E-state index in [4.69, 9.17) is 5.73 Å². The van der Waals surface area contributed by atoms with Gasteiger partial charge in [-0.25, -0.2) is 0 Å². The minimum absolute atomic E-state index is 0.369. The van der Waals surface area contributed by atoms with Crippen LogP contribution in [0, 0.1) is 5.92 Å². The van der Waals surface area contributed by atoms with Gasteiger partial charge in [0.2, 0.25) is 0 Å². The molecule has 1 fully saturated rings. The largest absolute Gasteiger partial charge is 0.330 e. The van der Waals surface area contributed by atoms with E-state index in [-0.39, 0.29) is 0 Å². The molecule has 0 saturated carbocycles. The summed E-state index contributed by atoms with van der Waals surface area (Å²) in [6.45, 7) is 11.5. The molecule has 0 aromatic heterocycles. The Balaban J connectivity index is 2.58. The summed E-state index contributed by atoms with van der Waals surface area (Å²) in [6.07, 6.45) is 5.11. The molecule has 2 nitrogen and oxygen atoms in total. The number of nitrogens with zero attached hydrogens (tertiary/aromatic N) is 1. The lowest BCUT2D eigenvalue weighted by Crippen LogP contribution is -2.53. The predicted molar refractivity (Wildman–Crippen MR) is 66.9 cm³/mol. The van der Waals surface area contributed by atoms with Crippen molar-refractivity contribution in [3.63, 3.8) is 0 Å². The molecule has 2 N–H and O–H groups in total. The fourth-order valence-electron chi connectivity index (χ4n) is 3.07. The summed E-state index contributed by atoms with van der Waals surface area (Å²) in [5.74, 6) is 0.852. The molecule has 2 unspecified atom stereocenters. The molecule has 0 radical (unpaired) electrons. The Morgan fingerprint density at radius 2 is 2.13 bits per heavy atom. The summed E-state index contributed by atoms with van der Waals surface area (Å²) >= 11 is 0. The SMILES string of the molecule is CCC(C)N1CCC(CCN)CC1(C)C. The fraction of sp³-hybridized carbons (Fsp3) is 1.00. The number of hydrogen-bond donors (Lipinski definition) is 1. The second-order valence-electron chi connectivity index (χ2n) is 5.70. The maximum atomic E-state index is 5.65. The Labute approximate surface area is 95.2 Å². The van der Waals surface area contributed by atoms with E-state index in [0.29, 0.717) is 5.54 Å². The molecule has 0 aromatic carbocycles. The van der Waals surface area contributed by atoms with Crippen LogP contribution in [0.5, 0.6) is 0 Å². The van der Waals surface area contributed by atoms with E-state index in [2.05, 4.69) is 32.6 Å². The van der Waals surface area contributed by atoms with E-state index < -0.39 is 0 Å². The molecule has 1 rings (SSSR count). The predicted octanol–water partition coefficient (Wildman–Crippen LogP) is 2.62. The highest BCUT2D eigenvalue weighted by atomic mass is 15.2. The van der Waals surface area contributed by atoms with Gasteiger partial charge in [-0.2, -0.15) is 0 Å². The van der Waals surface area contributed by atoms with Crippen LogP contribution in [0.1, 0.15) is 53.4 Å². The van der Waals surface area contributed by atoms with Crippen molar-refractivity contribution in [3.8, 4) is 0 Å². The van der Waals surface area contributed by atoms with Crippen molar-refractivity contribution in [3.05, 3.63) is 0 Å². The number of piperidine rings is 1. The van der Waals surface area contributed by atoms with Gasteiger partial charge in [0.25, 0.3) is 0 Å². The van der Waals surface area contributed by atoms with Gasteiger partial charge in [-0.1, -0.05) is 6.92 Å². The van der Waals surface area contributed by atoms with Crippen LogP contribution in [-0.4, -0.2) is 29.6 Å². The second kappa shape index (κ2) is 5.31. The van der Waals surface area contributed by atoms with E-state index >= 15 is 0 Å². The smallest absolute Gasteiger partial charge is 0.0158 e. The molecular formula is C13H28N2. The van der Waals surface area contributed by atoms with Gasteiger partial charge in [0.15, 0.2) is 0 Å². The van der Waals surface area contributed by atoms with Gasteiger partial charge in [-0.15, -0.1) is 0 Å². The zero-order valence-corrected chi connectivity index (χ0v) is 10.9. The average molecular weight is 212 g/mol. The van der Waals surface area contributed by atoms with Crippen LogP contribution in [0.4, 0.5) is 0 Å². The van der Waals surface area contributed by atoms with Gasteiger partial charge in [-0.3, -0.25) is 4.90 Å². The molecular weight excluding hydrogens is 184 g/mol. The Kier molecular flexibility index (Phi) is 4.60. The zero-order valence-electron chi connectivity index (χ0n) is 10.9. The maximum absolute atomic E-state index is 5.65. The molecule has 1 saturated heterocycles. The monoisotopic (exact) mass is 212 g/mol. The van der Waals surface area contributed by atoms with Crippen LogP contribution >= 0.6 is 0 Å². The summed E-state index contributed by atoms with van der Waals surface area (Å²) < 4.78 is 0. The van der Waals surface area contributed by atoms with Crippen molar-refractivity contribution in [2.45, 2.75) is 65.0 Å². The minimum atomic E-state index is 0.369. The first-order valence-electron chi connectivity index (χ1n) is 6.48. The molecule has 1 aliphatic rings. The fourth-order valence-corrected chi connectivity index (χ4v) is 3.07. The molecule has 15 heavy (non-hydrogen) atoms. The molecule has 0 spiro atoms. The molecule has 1 aliphatic heterocycles. The highest BCUT2D eigenvalue weighted by Crippen LogP contribution is 2.34. The molecule has 0 bridgehead atoms. The highest BCUT2D eigenvalue weighted by molar-refractivity contribution is 4.91. The molecule has 0 amide bonds. The van der Waals surface area contributed by atoms with Crippen molar-refractivity contribution in [2.24, 2.45) is 11.7 Å². The van der Waals surface area contributed by atoms with E-state index in [9.17, 15) is 0 Å².